The molecule has 1 aromatic heterocycles. The van der Waals surface area contributed by atoms with E-state index in [9.17, 15) is 34.2 Å². The maximum Gasteiger partial charge on any atom is 0.330 e. The van der Waals surface area contributed by atoms with Crippen molar-refractivity contribution in [3.63, 3.8) is 0 Å². The number of H-pyrrole nitrogens is 1. The third-order valence-electron chi connectivity index (χ3n) is 11.9. The number of nitrogens with one attached hydrogen (secondary N) is 4. The molecule has 3 fully saturated rings. The van der Waals surface area contributed by atoms with Crippen LogP contribution in [0.1, 0.15) is 129 Å². The van der Waals surface area contributed by atoms with Crippen molar-refractivity contribution in [3.05, 3.63) is 33.1 Å². The topological polar surface area (TPSA) is 295 Å². The molecule has 340 valence electrons. The van der Waals surface area contributed by atoms with Crippen molar-refractivity contribution < 1.29 is 34.2 Å². The second kappa shape index (κ2) is 25.2. The normalized spacial score (nSPS) is 26.2. The van der Waals surface area contributed by atoms with Crippen LogP contribution >= 0.6 is 0 Å². The summed E-state index contributed by atoms with van der Waals surface area (Å²) in [5.74, 6) is -2.16. The maximum atomic E-state index is 13.9. The Balaban J connectivity index is 1.35. The zero-order valence-electron chi connectivity index (χ0n) is 35.6. The summed E-state index contributed by atoms with van der Waals surface area (Å²) in [6.07, 6.45) is 11.2. The Morgan fingerprint density at radius 1 is 0.917 bits per heavy atom. The molecule has 60 heavy (non-hydrogen) atoms. The van der Waals surface area contributed by atoms with Gasteiger partial charge < -0.3 is 48.1 Å². The number of carbonyl (C=O) groups is 3. The highest BCUT2D eigenvalue weighted by Gasteiger charge is 2.59. The Morgan fingerprint density at radius 3 is 2.22 bits per heavy atom. The van der Waals surface area contributed by atoms with Gasteiger partial charge in [-0.1, -0.05) is 90.9 Å². The van der Waals surface area contributed by atoms with Gasteiger partial charge in [0.25, 0.3) is 5.56 Å². The molecule has 0 spiro atoms. The van der Waals surface area contributed by atoms with Crippen LogP contribution in [-0.4, -0.2) is 117 Å². The third kappa shape index (κ3) is 14.4. The summed E-state index contributed by atoms with van der Waals surface area (Å²) >= 11 is 0. The second-order valence-corrected chi connectivity index (χ2v) is 16.7. The number of unbranched alkanes of at least 4 members (excludes halogenated alkanes) is 11. The number of piperidine rings is 1. The predicted molar refractivity (Wildman–Crippen MR) is 226 cm³/mol. The van der Waals surface area contributed by atoms with Crippen molar-refractivity contribution in [1.82, 2.24) is 30.6 Å². The molecule has 0 aromatic carbocycles. The minimum atomic E-state index is -1.57. The van der Waals surface area contributed by atoms with Crippen molar-refractivity contribution in [2.24, 2.45) is 34.0 Å². The zero-order chi connectivity index (χ0) is 43.6. The molecule has 0 aliphatic carbocycles. The number of hydroxylamine groups is 2. The van der Waals surface area contributed by atoms with E-state index in [1.165, 1.54) is 51.4 Å². The molecule has 3 aliphatic rings. The van der Waals surface area contributed by atoms with E-state index in [1.54, 1.807) is 5.06 Å². The quantitative estimate of drug-likeness (QED) is 0.0329. The highest BCUT2D eigenvalue weighted by atomic mass is 16.7. The van der Waals surface area contributed by atoms with Gasteiger partial charge in [0, 0.05) is 43.9 Å². The summed E-state index contributed by atoms with van der Waals surface area (Å²) in [5, 5.41) is 32.6. The monoisotopic (exact) mass is 849 g/mol. The van der Waals surface area contributed by atoms with Gasteiger partial charge in [-0.3, -0.25) is 38.6 Å². The molecule has 3 aliphatic heterocycles. The first kappa shape index (κ1) is 48.8. The van der Waals surface area contributed by atoms with Gasteiger partial charge in [-0.05, 0) is 38.6 Å². The van der Waals surface area contributed by atoms with E-state index in [0.717, 1.165) is 42.5 Å². The minimum absolute atomic E-state index is 0.00247. The summed E-state index contributed by atoms with van der Waals surface area (Å²) in [5.41, 5.74) is 15.2. The van der Waals surface area contributed by atoms with E-state index >= 15 is 0 Å². The first-order valence-electron chi connectivity index (χ1n) is 22.3. The van der Waals surface area contributed by atoms with Crippen molar-refractivity contribution in [3.8, 4) is 0 Å². The fraction of sp³-hybridized carbons (Fsp3) is 0.805. The van der Waals surface area contributed by atoms with Crippen molar-refractivity contribution >= 4 is 23.7 Å². The Labute approximate surface area is 352 Å². The van der Waals surface area contributed by atoms with Gasteiger partial charge in [0.15, 0.2) is 12.2 Å². The predicted octanol–water partition coefficient (Wildman–Crippen LogP) is 0.376. The maximum absolute atomic E-state index is 13.9. The van der Waals surface area contributed by atoms with Crippen LogP contribution in [0.2, 0.25) is 0 Å². The van der Waals surface area contributed by atoms with Crippen LogP contribution in [0.3, 0.4) is 0 Å². The van der Waals surface area contributed by atoms with Crippen LogP contribution in [0.15, 0.2) is 26.8 Å². The summed E-state index contributed by atoms with van der Waals surface area (Å²) in [4.78, 5) is 77.4. The summed E-state index contributed by atoms with van der Waals surface area (Å²) in [6, 6.07) is -0.647. The number of guanidine groups is 1. The van der Waals surface area contributed by atoms with E-state index in [1.807, 2.05) is 6.92 Å². The Bertz CT molecular complexity index is 1640. The van der Waals surface area contributed by atoms with Crippen LogP contribution in [0, 0.1) is 11.8 Å². The Kier molecular flexibility index (Phi) is 20.4. The highest BCUT2D eigenvalue weighted by Crippen LogP contribution is 2.41. The van der Waals surface area contributed by atoms with E-state index in [2.05, 4.69) is 32.9 Å². The number of hydrogen-bond acceptors (Lipinski definition) is 12. The molecule has 19 heteroatoms. The van der Waals surface area contributed by atoms with Gasteiger partial charge in [0.1, 0.15) is 30.5 Å². The van der Waals surface area contributed by atoms with Crippen LogP contribution in [0.5, 0.6) is 0 Å². The largest absolute Gasteiger partial charge is 0.387 e. The molecule has 10 atom stereocenters. The summed E-state index contributed by atoms with van der Waals surface area (Å²) in [7, 11) is 0. The second-order valence-electron chi connectivity index (χ2n) is 16.7. The van der Waals surface area contributed by atoms with Gasteiger partial charge in [-0.15, -0.1) is 0 Å². The summed E-state index contributed by atoms with van der Waals surface area (Å²) in [6.45, 7) is 5.26. The number of aliphatic hydroxyl groups excluding tert-OH is 2. The number of nitrogens with zero attached hydrogens (tertiary/aromatic N) is 3. The Morgan fingerprint density at radius 2 is 1.58 bits per heavy atom. The smallest absolute Gasteiger partial charge is 0.330 e. The number of hydrogen-bond donors (Lipinski definition) is 9. The number of aromatic amines is 1. The number of ether oxygens (including phenoxy) is 1. The first-order valence-corrected chi connectivity index (χ1v) is 22.3. The van der Waals surface area contributed by atoms with Gasteiger partial charge >= 0.3 is 5.69 Å². The standard InChI is InChI=1S/C41H72N10O9/c1-3-4-5-6-7-8-9-10-11-12-13-14-18-28(48-36(55)26(2)17-15-21-45-40(43)44)37(56)46-25-27-24-29-31(38(57)47-27)34(60-51(29)22-16-20-42)35-32(53)33(54)39(59-35)50-23-19-30(52)49-41(50)58/h19,23,26-29,31-35,39,53-54H,3-18,20-22,24-25,42H2,1-2H3,(H,46,56)(H,47,57)(H,48,55)(H4,43,44,45)(H,49,52,58)/t26?,27-,28+,29-,31+,32-,33+,34+,35-,39+/m0/s1. The number of nitrogens with two attached hydrogens (primary N) is 3. The van der Waals surface area contributed by atoms with Crippen LogP contribution in [0.4, 0.5) is 0 Å². The van der Waals surface area contributed by atoms with Crippen LogP contribution in [0.25, 0.3) is 0 Å². The van der Waals surface area contributed by atoms with Crippen molar-refractivity contribution in [2.45, 2.75) is 172 Å². The molecule has 4 heterocycles. The lowest BCUT2D eigenvalue weighted by Gasteiger charge is -2.35. The molecule has 0 saturated carbocycles. The van der Waals surface area contributed by atoms with Gasteiger partial charge in [-0.25, -0.2) is 4.79 Å². The minimum Gasteiger partial charge on any atom is -0.387 e. The van der Waals surface area contributed by atoms with Crippen LogP contribution < -0.4 is 44.4 Å². The number of amides is 3. The molecular weight excluding hydrogens is 777 g/mol. The van der Waals surface area contributed by atoms with Gasteiger partial charge in [0.05, 0.1) is 12.0 Å². The number of fused-ring (bicyclic) bond motifs is 1. The number of aliphatic hydroxyl groups is 2. The summed E-state index contributed by atoms with van der Waals surface area (Å²) < 4.78 is 6.97. The lowest BCUT2D eigenvalue weighted by molar-refractivity contribution is -0.202. The first-order chi connectivity index (χ1) is 28.9. The fourth-order valence-corrected chi connectivity index (χ4v) is 8.47. The average Bonchev–Trinajstić information content (AvgIpc) is 3.73. The van der Waals surface area contributed by atoms with E-state index in [4.69, 9.17) is 26.8 Å². The van der Waals surface area contributed by atoms with E-state index in [-0.39, 0.29) is 30.2 Å². The number of aliphatic imine (C=N–C) groups is 1. The molecule has 0 bridgehead atoms. The number of aromatic nitrogens is 2. The highest BCUT2D eigenvalue weighted by molar-refractivity contribution is 5.88. The molecule has 19 nitrogen and oxygen atoms in total. The fourth-order valence-electron chi connectivity index (χ4n) is 8.47. The molecule has 12 N–H and O–H groups in total. The van der Waals surface area contributed by atoms with E-state index in [0.29, 0.717) is 51.7 Å². The van der Waals surface area contributed by atoms with E-state index < -0.39 is 71.8 Å². The lowest BCUT2D eigenvalue weighted by Crippen LogP contribution is -2.59. The van der Waals surface area contributed by atoms with Gasteiger partial charge in [-0.2, -0.15) is 5.06 Å². The number of rotatable bonds is 27. The Hall–Kier alpha value is -3.88. The number of carbonyl (C=O) groups excluding carboxylic acids is 3. The molecule has 1 unspecified atom stereocenters. The van der Waals surface area contributed by atoms with Crippen molar-refractivity contribution in [2.75, 3.05) is 26.2 Å². The molecule has 4 rings (SSSR count). The molecule has 0 radical (unpaired) electrons. The molecule has 3 amide bonds. The molecule has 1 aromatic rings. The zero-order valence-corrected chi connectivity index (χ0v) is 35.6. The third-order valence-corrected chi connectivity index (χ3v) is 11.9. The molecule has 3 saturated heterocycles. The molecular formula is C41H72N10O9. The lowest BCUT2D eigenvalue weighted by atomic mass is 9.82. The van der Waals surface area contributed by atoms with Crippen LogP contribution in [-0.2, 0) is 24.0 Å². The average molecular weight is 849 g/mol. The van der Waals surface area contributed by atoms with Crippen molar-refractivity contribution in [1.29, 1.82) is 0 Å². The van der Waals surface area contributed by atoms with Gasteiger partial charge in [0.2, 0.25) is 17.7 Å². The SMILES string of the molecule is CCCCCCCCCCCCCC[C@@H](NC(=O)C(C)CCCN=C(N)N)C(=O)NC[C@@H]1C[C@H]2[C@@H](C(=O)N1)[C@H]([C@H]1O[C@@H](n3ccc(=O)[nH]c3=O)[C@H](O)[C@@H]1O)ON2CCCN.